The third-order valence-corrected chi connectivity index (χ3v) is 5.25. The van der Waals surface area contributed by atoms with Gasteiger partial charge in [-0.25, -0.2) is 0 Å². The van der Waals surface area contributed by atoms with Gasteiger partial charge in [0, 0.05) is 19.6 Å². The van der Waals surface area contributed by atoms with Gasteiger partial charge in [0.25, 0.3) is 0 Å². The Morgan fingerprint density at radius 1 is 0.909 bits per heavy atom. The van der Waals surface area contributed by atoms with Crippen LogP contribution >= 0.6 is 0 Å². The number of hydrogen-bond donors (Lipinski definition) is 3. The second kappa shape index (κ2) is 16.3. The van der Waals surface area contributed by atoms with E-state index in [2.05, 4.69) is 13.8 Å². The van der Waals surface area contributed by atoms with Gasteiger partial charge in [0.05, 0.1) is 16.8 Å². The van der Waals surface area contributed by atoms with E-state index in [1.54, 1.807) is 30.3 Å². The summed E-state index contributed by atoms with van der Waals surface area (Å²) >= 11 is 0. The summed E-state index contributed by atoms with van der Waals surface area (Å²) < 4.78 is 39.2. The first kappa shape index (κ1) is 31.8. The molecule has 0 aromatic heterocycles. The second-order valence-electron chi connectivity index (χ2n) is 7.36. The number of nitrogens with zero attached hydrogens (tertiary/aromatic N) is 1. The van der Waals surface area contributed by atoms with Crippen molar-refractivity contribution in [2.75, 3.05) is 30.3 Å². The van der Waals surface area contributed by atoms with Gasteiger partial charge >= 0.3 is 6.18 Å². The fraction of sp³-hybridized carbons (Fsp3) is 0.520. The van der Waals surface area contributed by atoms with E-state index >= 15 is 0 Å². The van der Waals surface area contributed by atoms with Gasteiger partial charge < -0.3 is 21.5 Å². The number of rotatable bonds is 3. The molecular weight excluding hydrogens is 662 g/mol. The van der Waals surface area contributed by atoms with Gasteiger partial charge in [-0.05, 0) is 37.1 Å². The molecule has 2 aromatic carbocycles. The molecule has 0 radical (unpaired) electrons. The number of unbranched alkanes of at least 4 members (excludes halogenated alkanes) is 1. The summed E-state index contributed by atoms with van der Waals surface area (Å²) in [6.07, 6.45) is -1.57. The van der Waals surface area contributed by atoms with E-state index in [0.29, 0.717) is 24.5 Å². The number of phenolic OH excluding ortho intramolecular Hbond substituents is 1. The largest absolute Gasteiger partial charge is 0.508 e. The van der Waals surface area contributed by atoms with E-state index in [1.165, 1.54) is 12.8 Å². The van der Waals surface area contributed by atoms with E-state index in [4.69, 9.17) is 16.6 Å². The van der Waals surface area contributed by atoms with Crippen molar-refractivity contribution in [3.63, 3.8) is 0 Å². The number of para-hydroxylation sites is 3. The van der Waals surface area contributed by atoms with E-state index in [1.807, 2.05) is 43.0 Å². The number of aromatic hydroxyl groups is 1. The zero-order valence-electron chi connectivity index (χ0n) is 20.2. The number of piperidine rings is 1. The minimum Gasteiger partial charge on any atom is -0.508 e. The van der Waals surface area contributed by atoms with Crippen LogP contribution in [0.1, 0.15) is 53.4 Å². The Morgan fingerprint density at radius 2 is 1.36 bits per heavy atom. The number of phenols is 1. The molecule has 0 amide bonds. The fourth-order valence-electron chi connectivity index (χ4n) is 2.98. The smallest absolute Gasteiger partial charge is 0.395 e. The van der Waals surface area contributed by atoms with Gasteiger partial charge in [0.2, 0.25) is 0 Å². The molecule has 0 bridgehead atoms. The Kier molecular flexibility index (Phi) is 15.7. The van der Waals surface area contributed by atoms with E-state index in [9.17, 15) is 13.2 Å². The summed E-state index contributed by atoms with van der Waals surface area (Å²) in [5, 5.41) is 8.63. The number of nitrogen functional groups attached to an aromatic ring is 1. The number of halogens is 3. The normalized spacial score (nSPS) is 14.1. The molecule has 0 atom stereocenters. The zero-order valence-corrected chi connectivity index (χ0v) is 23.1. The van der Waals surface area contributed by atoms with Crippen LogP contribution in [0.5, 0.6) is 5.75 Å². The summed E-state index contributed by atoms with van der Waals surface area (Å²) in [7, 11) is 0. The molecule has 3 rings (SSSR count). The van der Waals surface area contributed by atoms with E-state index in [0.717, 1.165) is 5.69 Å². The van der Waals surface area contributed by atoms with Crippen LogP contribution in [-0.2, 0) is 0 Å². The number of nitrogens with two attached hydrogens (primary N) is 2. The van der Waals surface area contributed by atoms with Gasteiger partial charge in [0.15, 0.2) is 0 Å². The summed E-state index contributed by atoms with van der Waals surface area (Å²) in [4.78, 5) is 1.90. The minimum atomic E-state index is -4.24. The van der Waals surface area contributed by atoms with Crippen molar-refractivity contribution in [2.24, 2.45) is 11.1 Å². The summed E-state index contributed by atoms with van der Waals surface area (Å²) in [5.41, 5.74) is 10.9. The molecule has 33 heavy (non-hydrogen) atoms. The summed E-state index contributed by atoms with van der Waals surface area (Å²) in [6, 6.07) is 15.9. The molecule has 1 fully saturated rings. The van der Waals surface area contributed by atoms with Crippen LogP contribution < -0.4 is 16.4 Å². The van der Waals surface area contributed by atoms with Crippen LogP contribution in [-0.4, -0.2) is 30.9 Å². The van der Waals surface area contributed by atoms with E-state index in [-0.39, 0.29) is 19.4 Å². The van der Waals surface area contributed by atoms with Gasteiger partial charge in [-0.2, -0.15) is 13.2 Å². The summed E-state index contributed by atoms with van der Waals surface area (Å²) in [5.74, 6) is 0.322. The minimum absolute atomic E-state index is 0. The van der Waals surface area contributed by atoms with Crippen molar-refractivity contribution in [3.05, 3.63) is 54.6 Å². The third kappa shape index (κ3) is 10.2. The molecule has 1 heterocycles. The number of benzene rings is 2. The first-order valence-electron chi connectivity index (χ1n) is 11.3. The van der Waals surface area contributed by atoms with Crippen molar-refractivity contribution in [2.45, 2.75) is 59.6 Å². The quantitative estimate of drug-likeness (QED) is 0.316. The predicted molar refractivity (Wildman–Crippen MR) is 130 cm³/mol. The molecule has 0 saturated carbocycles. The van der Waals surface area contributed by atoms with Crippen molar-refractivity contribution in [1.29, 1.82) is 0 Å². The fourth-order valence-corrected chi connectivity index (χ4v) is 2.98. The Balaban J connectivity index is 0. The van der Waals surface area contributed by atoms with Gasteiger partial charge in [-0.3, -0.25) is 0 Å². The molecule has 190 valence electrons. The van der Waals surface area contributed by atoms with Crippen molar-refractivity contribution < 1.29 is 18.3 Å². The van der Waals surface area contributed by atoms with Crippen LogP contribution in [0.15, 0.2) is 54.6 Å². The average molecular weight is 703 g/mol. The van der Waals surface area contributed by atoms with Gasteiger partial charge in [-0.1, -0.05) is 70.9 Å². The molecule has 5 N–H and O–H groups in total. The molecule has 2 aromatic rings. The topological polar surface area (TPSA) is 75.5 Å². The van der Waals surface area contributed by atoms with Crippen molar-refractivity contribution in [3.8, 4) is 5.75 Å². The first-order chi connectivity index (χ1) is 15.2. The number of anilines is 2. The standard InChI is InChI=1S/C13H18F3N3.C6H6O.C4H10.C2H6.Cm/c14-13(15,16)12(9-17)5-7-19(8-6-12)11-4-2-1-3-10(11)18;7-6-4-2-1-3-5-6;1-3-4-2;1-2;/h1-4H,5-9,17-18H2;1-5,7H;3-4H2,1-2H3;1-2H3;. The van der Waals surface area contributed by atoms with E-state index < -0.39 is 11.6 Å². The van der Waals surface area contributed by atoms with Crippen molar-refractivity contribution in [1.82, 2.24) is 0 Å². The van der Waals surface area contributed by atoms with Crippen LogP contribution in [0.3, 0.4) is 0 Å². The SMILES string of the molecule is CC.CCCC.NCC1(C(F)(F)F)CCN(c2ccccc2N)CC1.Oc1ccccc1.[Cm]. The van der Waals surface area contributed by atoms with Crippen LogP contribution in [0.2, 0.25) is 0 Å². The first-order valence-corrected chi connectivity index (χ1v) is 11.3. The predicted octanol–water partition coefficient (Wildman–Crippen LogP) is 6.60. The monoisotopic (exact) mass is 698 g/mol. The number of alkyl halides is 3. The van der Waals surface area contributed by atoms with Crippen molar-refractivity contribution >= 4 is 11.4 Å². The third-order valence-electron chi connectivity index (χ3n) is 5.25. The molecule has 1 saturated heterocycles. The molecular formula is C25H40CmF3N3O. The Hall–Kier alpha value is -3.41. The number of hydrogen-bond acceptors (Lipinski definition) is 4. The molecule has 0 unspecified atom stereocenters. The van der Waals surface area contributed by atoms with Crippen LogP contribution in [0.25, 0.3) is 0 Å². The average Bonchev–Trinajstić information content (AvgIpc) is 2.81. The second-order valence-corrected chi connectivity index (χ2v) is 7.36. The van der Waals surface area contributed by atoms with Gasteiger partial charge in [0.1, 0.15) is 5.75 Å². The molecule has 0 spiro atoms. The zero-order chi connectivity index (χ0) is 24.6. The molecule has 8 heteroatoms. The maximum absolute atomic E-state index is 13.1. The van der Waals surface area contributed by atoms with Crippen LogP contribution in [0, 0.1) is 5.41 Å². The van der Waals surface area contributed by atoms with Crippen LogP contribution in [0.4, 0.5) is 24.5 Å². The Labute approximate surface area is 191 Å². The maximum Gasteiger partial charge on any atom is 0.395 e. The maximum atomic E-state index is 13.1. The molecule has 1 aliphatic heterocycles. The van der Waals surface area contributed by atoms with Gasteiger partial charge in [-0.15, -0.1) is 0 Å². The molecule has 0 aliphatic carbocycles. The Morgan fingerprint density at radius 3 is 1.70 bits per heavy atom. The molecule has 4 nitrogen and oxygen atoms in total. The molecule has 1 aliphatic rings. The Bertz CT molecular complexity index is 720. The summed E-state index contributed by atoms with van der Waals surface area (Å²) in [6.45, 7) is 8.66.